The van der Waals surface area contributed by atoms with Crippen molar-refractivity contribution in [3.05, 3.63) is 24.0 Å². The second kappa shape index (κ2) is 2.49. The van der Waals surface area contributed by atoms with Crippen molar-refractivity contribution >= 4 is 5.78 Å². The van der Waals surface area contributed by atoms with Gasteiger partial charge in [0.2, 0.25) is 0 Å². The summed E-state index contributed by atoms with van der Waals surface area (Å²) in [5, 5.41) is 0. The molecule has 0 radical (unpaired) electrons. The van der Waals surface area contributed by atoms with Crippen LogP contribution in [0.15, 0.2) is 24.0 Å². The molecule has 0 bridgehead atoms. The van der Waals surface area contributed by atoms with E-state index in [0.29, 0.717) is 6.61 Å². The lowest BCUT2D eigenvalue weighted by molar-refractivity contribution is -0.114. The largest absolute Gasteiger partial charge is 0.496 e. The van der Waals surface area contributed by atoms with Crippen LogP contribution in [0.3, 0.4) is 0 Å². The van der Waals surface area contributed by atoms with Gasteiger partial charge in [0, 0.05) is 5.57 Å². The molecule has 0 unspecified atom stereocenters. The van der Waals surface area contributed by atoms with E-state index in [9.17, 15) is 4.79 Å². The maximum atomic E-state index is 10.6. The van der Waals surface area contributed by atoms with Gasteiger partial charge in [-0.1, -0.05) is 0 Å². The van der Waals surface area contributed by atoms with Crippen molar-refractivity contribution in [1.82, 2.24) is 0 Å². The van der Waals surface area contributed by atoms with E-state index in [1.165, 1.54) is 6.92 Å². The van der Waals surface area contributed by atoms with Gasteiger partial charge in [-0.3, -0.25) is 4.79 Å². The van der Waals surface area contributed by atoms with Gasteiger partial charge >= 0.3 is 0 Å². The summed E-state index contributed by atoms with van der Waals surface area (Å²) in [6.07, 6.45) is 5.07. The molecule has 0 amide bonds. The molecule has 0 aromatic heterocycles. The zero-order chi connectivity index (χ0) is 6.69. The fourth-order valence-corrected chi connectivity index (χ4v) is 0.616. The molecule has 0 atom stereocenters. The number of Topliss-reactive ketones (excluding diaryl/α,β-unsaturated/α-hetero) is 1. The zero-order valence-electron chi connectivity index (χ0n) is 5.26. The van der Waals surface area contributed by atoms with Gasteiger partial charge < -0.3 is 4.74 Å². The average Bonchev–Trinajstić information content (AvgIpc) is 1.90. The zero-order valence-corrected chi connectivity index (χ0v) is 5.26. The number of ether oxygens (including phenoxy) is 1. The van der Waals surface area contributed by atoms with Crippen LogP contribution in [-0.2, 0) is 9.53 Å². The van der Waals surface area contributed by atoms with Crippen molar-refractivity contribution in [2.45, 2.75) is 6.92 Å². The molecule has 0 saturated carbocycles. The number of carbonyl (C=O) groups is 1. The minimum Gasteiger partial charge on any atom is -0.496 e. The van der Waals surface area contributed by atoms with Crippen LogP contribution in [0.4, 0.5) is 0 Å². The van der Waals surface area contributed by atoms with Crippen LogP contribution in [0.2, 0.25) is 0 Å². The Hall–Kier alpha value is -1.05. The Balaban J connectivity index is 2.68. The smallest absolute Gasteiger partial charge is 0.159 e. The first-order valence-corrected chi connectivity index (χ1v) is 2.79. The molecule has 0 aromatic rings. The van der Waals surface area contributed by atoms with Crippen LogP contribution in [0, 0.1) is 0 Å². The van der Waals surface area contributed by atoms with Gasteiger partial charge in [0.05, 0.1) is 6.26 Å². The van der Waals surface area contributed by atoms with Crippen molar-refractivity contribution in [2.75, 3.05) is 6.61 Å². The maximum absolute atomic E-state index is 10.6. The van der Waals surface area contributed by atoms with Crippen LogP contribution < -0.4 is 0 Å². The van der Waals surface area contributed by atoms with Crippen LogP contribution in [0.25, 0.3) is 0 Å². The Labute approximate surface area is 53.8 Å². The molecule has 1 aliphatic heterocycles. The summed E-state index contributed by atoms with van der Waals surface area (Å²) in [5.41, 5.74) is 0.734. The molecule has 0 fully saturated rings. The first-order chi connectivity index (χ1) is 4.30. The predicted octanol–water partition coefficient (Wildman–Crippen LogP) is 1.05. The lowest BCUT2D eigenvalue weighted by Crippen LogP contribution is -2.04. The Kier molecular flexibility index (Phi) is 1.68. The summed E-state index contributed by atoms with van der Waals surface area (Å²) in [5.74, 6) is 0.0827. The van der Waals surface area contributed by atoms with E-state index in [2.05, 4.69) is 0 Å². The highest BCUT2D eigenvalue weighted by molar-refractivity contribution is 5.93. The molecule has 1 heterocycles. The number of carbonyl (C=O) groups excluding carboxylic acids is 1. The molecule has 2 nitrogen and oxygen atoms in total. The monoisotopic (exact) mass is 124 g/mol. The molecule has 0 saturated heterocycles. The van der Waals surface area contributed by atoms with Gasteiger partial charge in [-0.25, -0.2) is 0 Å². The maximum Gasteiger partial charge on any atom is 0.159 e. The summed E-state index contributed by atoms with van der Waals surface area (Å²) in [7, 11) is 0. The summed E-state index contributed by atoms with van der Waals surface area (Å²) in [4.78, 5) is 10.6. The molecule has 0 N–H and O–H groups in total. The Morgan fingerprint density at radius 1 is 1.78 bits per heavy atom. The van der Waals surface area contributed by atoms with E-state index < -0.39 is 0 Å². The summed E-state index contributed by atoms with van der Waals surface area (Å²) >= 11 is 0. The molecule has 0 aliphatic carbocycles. The highest BCUT2D eigenvalue weighted by atomic mass is 16.5. The molecular weight excluding hydrogens is 116 g/mol. The molecule has 2 heteroatoms. The Morgan fingerprint density at radius 2 is 2.56 bits per heavy atom. The topological polar surface area (TPSA) is 26.3 Å². The normalized spacial score (nSPS) is 16.3. The molecule has 1 rings (SSSR count). The fourth-order valence-electron chi connectivity index (χ4n) is 0.616. The van der Waals surface area contributed by atoms with E-state index >= 15 is 0 Å². The van der Waals surface area contributed by atoms with Gasteiger partial charge in [-0.05, 0) is 19.1 Å². The summed E-state index contributed by atoms with van der Waals surface area (Å²) < 4.78 is 4.87. The predicted molar refractivity (Wildman–Crippen MR) is 33.9 cm³/mol. The lowest BCUT2D eigenvalue weighted by Gasteiger charge is -2.05. The SMILES string of the molecule is CC(=O)C1=CC=COC1. The second-order valence-corrected chi connectivity index (χ2v) is 1.89. The standard InChI is InChI=1S/C7H8O2/c1-6(8)7-3-2-4-9-5-7/h2-4H,5H2,1H3. The van der Waals surface area contributed by atoms with Gasteiger partial charge in [0.25, 0.3) is 0 Å². The Morgan fingerprint density at radius 3 is 2.89 bits per heavy atom. The van der Waals surface area contributed by atoms with Crippen LogP contribution in [0.1, 0.15) is 6.92 Å². The summed E-state index contributed by atoms with van der Waals surface area (Å²) in [6.45, 7) is 1.96. The number of allylic oxidation sites excluding steroid dienone is 2. The number of rotatable bonds is 1. The Bertz CT molecular complexity index is 177. The van der Waals surface area contributed by atoms with Gasteiger partial charge in [-0.15, -0.1) is 0 Å². The van der Waals surface area contributed by atoms with Crippen molar-refractivity contribution < 1.29 is 9.53 Å². The van der Waals surface area contributed by atoms with Crippen molar-refractivity contribution in [3.63, 3.8) is 0 Å². The summed E-state index contributed by atoms with van der Waals surface area (Å²) in [6, 6.07) is 0. The van der Waals surface area contributed by atoms with Crippen LogP contribution >= 0.6 is 0 Å². The molecule has 0 spiro atoms. The second-order valence-electron chi connectivity index (χ2n) is 1.89. The van der Waals surface area contributed by atoms with E-state index in [-0.39, 0.29) is 5.78 Å². The first kappa shape index (κ1) is 6.08. The minimum absolute atomic E-state index is 0.0827. The van der Waals surface area contributed by atoms with Gasteiger partial charge in [-0.2, -0.15) is 0 Å². The third-order valence-electron chi connectivity index (χ3n) is 1.16. The quantitative estimate of drug-likeness (QED) is 0.522. The number of hydrogen-bond donors (Lipinski definition) is 0. The highest BCUT2D eigenvalue weighted by Crippen LogP contribution is 2.02. The van der Waals surface area contributed by atoms with Crippen LogP contribution in [0.5, 0.6) is 0 Å². The molecule has 1 aliphatic rings. The van der Waals surface area contributed by atoms with Crippen molar-refractivity contribution in [1.29, 1.82) is 0 Å². The first-order valence-electron chi connectivity index (χ1n) is 2.79. The van der Waals surface area contributed by atoms with E-state index in [1.54, 1.807) is 18.4 Å². The van der Waals surface area contributed by atoms with Gasteiger partial charge in [0.15, 0.2) is 5.78 Å². The molecule has 0 aromatic carbocycles. The number of ketones is 1. The van der Waals surface area contributed by atoms with Gasteiger partial charge in [0.1, 0.15) is 6.61 Å². The molecular formula is C7H8O2. The van der Waals surface area contributed by atoms with E-state index in [4.69, 9.17) is 4.74 Å². The number of hydrogen-bond acceptors (Lipinski definition) is 2. The van der Waals surface area contributed by atoms with Crippen LogP contribution in [-0.4, -0.2) is 12.4 Å². The van der Waals surface area contributed by atoms with Crippen molar-refractivity contribution in [3.8, 4) is 0 Å². The average molecular weight is 124 g/mol. The van der Waals surface area contributed by atoms with Crippen molar-refractivity contribution in [2.24, 2.45) is 0 Å². The third-order valence-corrected chi connectivity index (χ3v) is 1.16. The molecule has 9 heavy (non-hydrogen) atoms. The highest BCUT2D eigenvalue weighted by Gasteiger charge is 2.03. The third kappa shape index (κ3) is 1.42. The molecule has 48 valence electrons. The van der Waals surface area contributed by atoms with E-state index in [1.807, 2.05) is 0 Å². The lowest BCUT2D eigenvalue weighted by atomic mass is 10.2. The fraction of sp³-hybridized carbons (Fsp3) is 0.286. The minimum atomic E-state index is 0.0827. The van der Waals surface area contributed by atoms with E-state index in [0.717, 1.165) is 5.57 Å².